The largest absolute Gasteiger partial charge is 0.354 e. The SMILES string of the molecule is CCSCCC(C)NC(=O)CC(C)N. The Hall–Kier alpha value is -0.220. The van der Waals surface area contributed by atoms with Gasteiger partial charge in [0, 0.05) is 18.5 Å². The summed E-state index contributed by atoms with van der Waals surface area (Å²) >= 11 is 1.90. The van der Waals surface area contributed by atoms with E-state index in [4.69, 9.17) is 5.73 Å². The van der Waals surface area contributed by atoms with E-state index in [0.717, 1.165) is 17.9 Å². The van der Waals surface area contributed by atoms with Crippen LogP contribution in [0.2, 0.25) is 0 Å². The number of rotatable bonds is 7. The van der Waals surface area contributed by atoms with Gasteiger partial charge in [0.05, 0.1) is 0 Å². The zero-order valence-corrected chi connectivity index (χ0v) is 10.2. The van der Waals surface area contributed by atoms with E-state index in [1.807, 2.05) is 25.6 Å². The second-order valence-corrected chi connectivity index (χ2v) is 5.03. The second kappa shape index (κ2) is 8.12. The topological polar surface area (TPSA) is 55.1 Å². The number of thioether (sulfide) groups is 1. The highest BCUT2D eigenvalue weighted by Crippen LogP contribution is 2.03. The quantitative estimate of drug-likeness (QED) is 0.635. The third-order valence-electron chi connectivity index (χ3n) is 1.81. The number of nitrogens with two attached hydrogens (primary N) is 1. The fraction of sp³-hybridized carbons (Fsp3) is 0.900. The predicted octanol–water partition coefficient (Wildman–Crippen LogP) is 1.37. The molecular weight excluding hydrogens is 196 g/mol. The van der Waals surface area contributed by atoms with Crippen LogP contribution in [0.25, 0.3) is 0 Å². The van der Waals surface area contributed by atoms with Crippen LogP contribution in [0.5, 0.6) is 0 Å². The molecular formula is C10H22N2OS. The van der Waals surface area contributed by atoms with Gasteiger partial charge >= 0.3 is 0 Å². The van der Waals surface area contributed by atoms with Crippen molar-refractivity contribution in [3.05, 3.63) is 0 Å². The van der Waals surface area contributed by atoms with Crippen LogP contribution >= 0.6 is 11.8 Å². The molecule has 2 unspecified atom stereocenters. The van der Waals surface area contributed by atoms with E-state index in [0.29, 0.717) is 6.42 Å². The molecule has 0 aromatic heterocycles. The zero-order valence-electron chi connectivity index (χ0n) is 9.38. The summed E-state index contributed by atoms with van der Waals surface area (Å²) in [6.45, 7) is 6.02. The van der Waals surface area contributed by atoms with Gasteiger partial charge in [-0.1, -0.05) is 6.92 Å². The highest BCUT2D eigenvalue weighted by atomic mass is 32.2. The van der Waals surface area contributed by atoms with Crippen molar-refractivity contribution in [3.63, 3.8) is 0 Å². The molecule has 0 saturated carbocycles. The lowest BCUT2D eigenvalue weighted by atomic mass is 10.2. The molecule has 0 saturated heterocycles. The van der Waals surface area contributed by atoms with E-state index in [-0.39, 0.29) is 18.0 Å². The van der Waals surface area contributed by atoms with Gasteiger partial charge in [0.25, 0.3) is 0 Å². The van der Waals surface area contributed by atoms with Gasteiger partial charge in [-0.2, -0.15) is 11.8 Å². The molecule has 0 aliphatic carbocycles. The third kappa shape index (κ3) is 8.38. The molecule has 0 bridgehead atoms. The Morgan fingerprint density at radius 3 is 2.64 bits per heavy atom. The van der Waals surface area contributed by atoms with Gasteiger partial charge in [-0.3, -0.25) is 4.79 Å². The van der Waals surface area contributed by atoms with Crippen molar-refractivity contribution in [1.82, 2.24) is 5.32 Å². The summed E-state index contributed by atoms with van der Waals surface area (Å²) in [6.07, 6.45) is 1.45. The first-order valence-electron chi connectivity index (χ1n) is 5.19. The highest BCUT2D eigenvalue weighted by molar-refractivity contribution is 7.99. The number of amides is 1. The monoisotopic (exact) mass is 218 g/mol. The van der Waals surface area contributed by atoms with Gasteiger partial charge in [-0.25, -0.2) is 0 Å². The zero-order chi connectivity index (χ0) is 11.0. The Bertz CT molecular complexity index is 162. The molecule has 0 heterocycles. The minimum atomic E-state index is -0.0489. The molecule has 0 radical (unpaired) electrons. The molecule has 0 aliphatic heterocycles. The molecule has 0 aromatic carbocycles. The average Bonchev–Trinajstić information content (AvgIpc) is 2.02. The molecule has 84 valence electrons. The molecule has 0 aromatic rings. The first kappa shape index (κ1) is 13.8. The average molecular weight is 218 g/mol. The maximum atomic E-state index is 11.3. The van der Waals surface area contributed by atoms with Gasteiger partial charge in [-0.15, -0.1) is 0 Å². The van der Waals surface area contributed by atoms with Gasteiger partial charge in [-0.05, 0) is 31.8 Å². The van der Waals surface area contributed by atoms with Crippen molar-refractivity contribution in [2.45, 2.75) is 45.7 Å². The van der Waals surface area contributed by atoms with Crippen LogP contribution in [0.4, 0.5) is 0 Å². The molecule has 0 fully saturated rings. The summed E-state index contributed by atoms with van der Waals surface area (Å²) in [4.78, 5) is 11.3. The van der Waals surface area contributed by atoms with Crippen molar-refractivity contribution >= 4 is 17.7 Å². The fourth-order valence-electron chi connectivity index (χ4n) is 1.10. The lowest BCUT2D eigenvalue weighted by molar-refractivity contribution is -0.121. The minimum absolute atomic E-state index is 0.0489. The summed E-state index contributed by atoms with van der Waals surface area (Å²) in [5.74, 6) is 2.31. The summed E-state index contributed by atoms with van der Waals surface area (Å²) < 4.78 is 0. The molecule has 14 heavy (non-hydrogen) atoms. The lowest BCUT2D eigenvalue weighted by Crippen LogP contribution is -2.36. The molecule has 3 N–H and O–H groups in total. The van der Waals surface area contributed by atoms with Crippen LogP contribution < -0.4 is 11.1 Å². The summed E-state index contributed by atoms with van der Waals surface area (Å²) in [5.41, 5.74) is 5.53. The van der Waals surface area contributed by atoms with Crippen LogP contribution in [0, 0.1) is 0 Å². The number of hydrogen-bond acceptors (Lipinski definition) is 3. The molecule has 4 heteroatoms. The molecule has 0 spiro atoms. The van der Waals surface area contributed by atoms with Crippen molar-refractivity contribution < 1.29 is 4.79 Å². The van der Waals surface area contributed by atoms with Crippen molar-refractivity contribution in [1.29, 1.82) is 0 Å². The lowest BCUT2D eigenvalue weighted by Gasteiger charge is -2.14. The summed E-state index contributed by atoms with van der Waals surface area (Å²) in [7, 11) is 0. The molecule has 0 aliphatic rings. The van der Waals surface area contributed by atoms with E-state index in [2.05, 4.69) is 12.2 Å². The van der Waals surface area contributed by atoms with Crippen LogP contribution in [-0.2, 0) is 4.79 Å². The van der Waals surface area contributed by atoms with Gasteiger partial charge in [0.2, 0.25) is 5.91 Å². The Labute approximate surface area is 91.2 Å². The normalized spacial score (nSPS) is 14.9. The van der Waals surface area contributed by atoms with Gasteiger partial charge < -0.3 is 11.1 Å². The van der Waals surface area contributed by atoms with E-state index in [1.165, 1.54) is 0 Å². The smallest absolute Gasteiger partial charge is 0.221 e. The third-order valence-corrected chi connectivity index (χ3v) is 2.75. The maximum Gasteiger partial charge on any atom is 0.221 e. The second-order valence-electron chi connectivity index (χ2n) is 3.64. The fourth-order valence-corrected chi connectivity index (χ4v) is 1.91. The molecule has 2 atom stereocenters. The maximum absolute atomic E-state index is 11.3. The van der Waals surface area contributed by atoms with E-state index < -0.39 is 0 Å². The van der Waals surface area contributed by atoms with E-state index in [1.54, 1.807) is 0 Å². The number of hydrogen-bond donors (Lipinski definition) is 2. The van der Waals surface area contributed by atoms with Gasteiger partial charge in [0.1, 0.15) is 0 Å². The summed E-state index contributed by atoms with van der Waals surface area (Å²) in [5, 5.41) is 2.94. The van der Waals surface area contributed by atoms with Gasteiger partial charge in [0.15, 0.2) is 0 Å². The van der Waals surface area contributed by atoms with Crippen molar-refractivity contribution in [2.75, 3.05) is 11.5 Å². The first-order valence-corrected chi connectivity index (χ1v) is 6.34. The molecule has 3 nitrogen and oxygen atoms in total. The highest BCUT2D eigenvalue weighted by Gasteiger charge is 2.08. The molecule has 1 amide bonds. The number of nitrogens with one attached hydrogen (secondary N) is 1. The van der Waals surface area contributed by atoms with Crippen LogP contribution in [0.15, 0.2) is 0 Å². The standard InChI is InChI=1S/C10H22N2OS/c1-4-14-6-5-9(3)12-10(13)7-8(2)11/h8-9H,4-7,11H2,1-3H3,(H,12,13). The Morgan fingerprint density at radius 1 is 1.50 bits per heavy atom. The van der Waals surface area contributed by atoms with E-state index >= 15 is 0 Å². The van der Waals surface area contributed by atoms with Crippen molar-refractivity contribution in [2.24, 2.45) is 5.73 Å². The van der Waals surface area contributed by atoms with Crippen molar-refractivity contribution in [3.8, 4) is 0 Å². The minimum Gasteiger partial charge on any atom is -0.354 e. The number of carbonyl (C=O) groups is 1. The Balaban J connectivity index is 3.50. The van der Waals surface area contributed by atoms with Crippen LogP contribution in [0.3, 0.4) is 0 Å². The van der Waals surface area contributed by atoms with Crippen LogP contribution in [0.1, 0.15) is 33.6 Å². The first-order chi connectivity index (χ1) is 6.56. The Morgan fingerprint density at radius 2 is 2.14 bits per heavy atom. The molecule has 0 rings (SSSR count). The van der Waals surface area contributed by atoms with Crippen LogP contribution in [-0.4, -0.2) is 29.5 Å². The summed E-state index contributed by atoms with van der Waals surface area (Å²) in [6, 6.07) is 0.215. The predicted molar refractivity (Wildman–Crippen MR) is 63.5 cm³/mol. The van der Waals surface area contributed by atoms with E-state index in [9.17, 15) is 4.79 Å². The Kier molecular flexibility index (Phi) is 7.99. The number of carbonyl (C=O) groups excluding carboxylic acids is 1.